The zero-order valence-electron chi connectivity index (χ0n) is 10.6. The van der Waals surface area contributed by atoms with Crippen molar-refractivity contribution < 1.29 is 12.8 Å². The first-order valence-corrected chi connectivity index (χ1v) is 7.49. The van der Waals surface area contributed by atoms with Crippen LogP contribution in [-0.2, 0) is 10.0 Å². The van der Waals surface area contributed by atoms with Crippen molar-refractivity contribution in [3.05, 3.63) is 30.1 Å². The third-order valence-electron chi connectivity index (χ3n) is 2.51. The van der Waals surface area contributed by atoms with Crippen molar-refractivity contribution in [3.63, 3.8) is 0 Å². The van der Waals surface area contributed by atoms with Gasteiger partial charge in [0.1, 0.15) is 5.82 Å². The average molecular weight is 274 g/mol. The van der Waals surface area contributed by atoms with Crippen LogP contribution in [0.15, 0.2) is 24.3 Å². The summed E-state index contributed by atoms with van der Waals surface area (Å²) in [7, 11) is -3.57. The predicted octanol–water partition coefficient (Wildman–Crippen LogP) is 1.96. The van der Waals surface area contributed by atoms with Crippen LogP contribution in [0, 0.1) is 5.82 Å². The molecule has 18 heavy (non-hydrogen) atoms. The zero-order chi connectivity index (χ0) is 13.6. The molecule has 1 rings (SSSR count). The Kier molecular flexibility index (Phi) is 5.55. The van der Waals surface area contributed by atoms with Crippen LogP contribution in [0.2, 0.25) is 0 Å². The van der Waals surface area contributed by atoms with E-state index in [4.69, 9.17) is 0 Å². The third kappa shape index (κ3) is 4.27. The van der Waals surface area contributed by atoms with Crippen molar-refractivity contribution in [2.24, 2.45) is 0 Å². The molecule has 1 atom stereocenters. The minimum atomic E-state index is -3.57. The van der Waals surface area contributed by atoms with Gasteiger partial charge < -0.3 is 5.32 Å². The van der Waals surface area contributed by atoms with E-state index in [9.17, 15) is 12.8 Å². The number of rotatable bonds is 7. The molecule has 0 fully saturated rings. The highest BCUT2D eigenvalue weighted by molar-refractivity contribution is 7.93. The summed E-state index contributed by atoms with van der Waals surface area (Å²) in [4.78, 5) is 0. The Bertz CT molecular complexity index is 477. The number of hydrogen-bond acceptors (Lipinski definition) is 3. The van der Waals surface area contributed by atoms with Crippen LogP contribution in [-0.4, -0.2) is 26.8 Å². The first-order valence-electron chi connectivity index (χ1n) is 5.94. The number of hydrogen-bond donors (Lipinski definition) is 2. The summed E-state index contributed by atoms with van der Waals surface area (Å²) in [6.45, 7) is 4.70. The van der Waals surface area contributed by atoms with E-state index in [0.717, 1.165) is 13.0 Å². The lowest BCUT2D eigenvalue weighted by atomic mass is 10.3. The highest BCUT2D eigenvalue weighted by Crippen LogP contribution is 2.15. The van der Waals surface area contributed by atoms with E-state index in [-0.39, 0.29) is 5.69 Å². The van der Waals surface area contributed by atoms with Crippen molar-refractivity contribution in [2.45, 2.75) is 25.5 Å². The fourth-order valence-electron chi connectivity index (χ4n) is 1.39. The van der Waals surface area contributed by atoms with Gasteiger partial charge in [-0.25, -0.2) is 12.8 Å². The Morgan fingerprint density at radius 2 is 2.00 bits per heavy atom. The van der Waals surface area contributed by atoms with Gasteiger partial charge >= 0.3 is 0 Å². The smallest absolute Gasteiger partial charge is 0.236 e. The SMILES string of the molecule is CCCNCC(C)S(=O)(=O)Nc1ccccc1F. The summed E-state index contributed by atoms with van der Waals surface area (Å²) in [5.41, 5.74) is -0.0140. The van der Waals surface area contributed by atoms with E-state index in [1.165, 1.54) is 18.2 Å². The van der Waals surface area contributed by atoms with Crippen molar-refractivity contribution in [1.82, 2.24) is 5.32 Å². The fourth-order valence-corrected chi connectivity index (χ4v) is 2.40. The lowest BCUT2D eigenvalue weighted by Gasteiger charge is -2.15. The predicted molar refractivity (Wildman–Crippen MR) is 71.6 cm³/mol. The van der Waals surface area contributed by atoms with E-state index in [1.807, 2.05) is 6.92 Å². The summed E-state index contributed by atoms with van der Waals surface area (Å²) < 4.78 is 39.5. The minimum Gasteiger partial charge on any atom is -0.315 e. The van der Waals surface area contributed by atoms with E-state index in [2.05, 4.69) is 10.0 Å². The summed E-state index contributed by atoms with van der Waals surface area (Å²) in [6, 6.07) is 5.72. The van der Waals surface area contributed by atoms with Gasteiger partial charge in [-0.05, 0) is 32.0 Å². The van der Waals surface area contributed by atoms with Crippen LogP contribution in [0.1, 0.15) is 20.3 Å². The second-order valence-electron chi connectivity index (χ2n) is 4.14. The first-order chi connectivity index (χ1) is 8.47. The van der Waals surface area contributed by atoms with Gasteiger partial charge in [0.15, 0.2) is 0 Å². The van der Waals surface area contributed by atoms with Crippen LogP contribution < -0.4 is 10.0 Å². The van der Waals surface area contributed by atoms with Gasteiger partial charge in [-0.2, -0.15) is 0 Å². The molecule has 0 saturated heterocycles. The molecule has 0 aliphatic rings. The lowest BCUT2D eigenvalue weighted by molar-refractivity contribution is 0.574. The van der Waals surface area contributed by atoms with Crippen molar-refractivity contribution >= 4 is 15.7 Å². The molecule has 0 heterocycles. The van der Waals surface area contributed by atoms with Crippen LogP contribution in [0.3, 0.4) is 0 Å². The lowest BCUT2D eigenvalue weighted by Crippen LogP contribution is -2.35. The van der Waals surface area contributed by atoms with Gasteiger partial charge in [-0.15, -0.1) is 0 Å². The molecule has 1 unspecified atom stereocenters. The molecule has 0 aromatic heterocycles. The highest BCUT2D eigenvalue weighted by Gasteiger charge is 2.21. The van der Waals surface area contributed by atoms with Crippen LogP contribution in [0.5, 0.6) is 0 Å². The van der Waals surface area contributed by atoms with E-state index in [1.54, 1.807) is 13.0 Å². The Morgan fingerprint density at radius 1 is 1.33 bits per heavy atom. The number of halogens is 1. The second kappa shape index (κ2) is 6.70. The standard InChI is InChI=1S/C12H19FN2O2S/c1-3-8-14-9-10(2)18(16,17)15-12-7-5-4-6-11(12)13/h4-7,10,14-15H,3,8-9H2,1-2H3. The van der Waals surface area contributed by atoms with Crippen LogP contribution in [0.25, 0.3) is 0 Å². The van der Waals surface area contributed by atoms with Gasteiger partial charge in [0.2, 0.25) is 10.0 Å². The maximum Gasteiger partial charge on any atom is 0.236 e. The van der Waals surface area contributed by atoms with E-state index in [0.29, 0.717) is 6.54 Å². The Labute approximate surface area is 108 Å². The van der Waals surface area contributed by atoms with Gasteiger partial charge in [0.05, 0.1) is 10.9 Å². The molecule has 1 aromatic carbocycles. The molecule has 0 saturated carbocycles. The molecular formula is C12H19FN2O2S. The third-order valence-corrected chi connectivity index (χ3v) is 4.24. The first kappa shape index (κ1) is 14.9. The molecule has 0 spiro atoms. The second-order valence-corrected chi connectivity index (χ2v) is 6.24. The number of sulfonamides is 1. The molecule has 0 amide bonds. The van der Waals surface area contributed by atoms with Gasteiger partial charge in [-0.3, -0.25) is 4.72 Å². The monoisotopic (exact) mass is 274 g/mol. The largest absolute Gasteiger partial charge is 0.315 e. The quantitative estimate of drug-likeness (QED) is 0.747. The number of nitrogens with one attached hydrogen (secondary N) is 2. The number of anilines is 1. The normalized spacial score (nSPS) is 13.3. The van der Waals surface area contributed by atoms with Gasteiger partial charge in [-0.1, -0.05) is 19.1 Å². The number of para-hydroxylation sites is 1. The van der Waals surface area contributed by atoms with Crippen molar-refractivity contribution in [3.8, 4) is 0 Å². The zero-order valence-corrected chi connectivity index (χ0v) is 11.4. The van der Waals surface area contributed by atoms with Crippen molar-refractivity contribution in [1.29, 1.82) is 0 Å². The molecule has 6 heteroatoms. The maximum absolute atomic E-state index is 13.3. The molecule has 0 aliphatic carbocycles. The minimum absolute atomic E-state index is 0.0140. The highest BCUT2D eigenvalue weighted by atomic mass is 32.2. The molecular weight excluding hydrogens is 255 g/mol. The summed E-state index contributed by atoms with van der Waals surface area (Å²) in [5, 5.41) is 2.41. The van der Waals surface area contributed by atoms with E-state index >= 15 is 0 Å². The van der Waals surface area contributed by atoms with E-state index < -0.39 is 21.1 Å². The van der Waals surface area contributed by atoms with Gasteiger partial charge in [0.25, 0.3) is 0 Å². The Hall–Kier alpha value is -1.14. The molecule has 4 nitrogen and oxygen atoms in total. The molecule has 0 radical (unpaired) electrons. The van der Waals surface area contributed by atoms with Crippen LogP contribution in [0.4, 0.5) is 10.1 Å². The summed E-state index contributed by atoms with van der Waals surface area (Å²) in [5.74, 6) is -0.574. The number of benzene rings is 1. The molecule has 0 bridgehead atoms. The van der Waals surface area contributed by atoms with Gasteiger partial charge in [0, 0.05) is 6.54 Å². The topological polar surface area (TPSA) is 58.2 Å². The Morgan fingerprint density at radius 3 is 2.61 bits per heavy atom. The van der Waals surface area contributed by atoms with Crippen molar-refractivity contribution in [2.75, 3.05) is 17.8 Å². The Balaban J connectivity index is 2.67. The molecule has 2 N–H and O–H groups in total. The summed E-state index contributed by atoms with van der Waals surface area (Å²) >= 11 is 0. The molecule has 0 aliphatic heterocycles. The fraction of sp³-hybridized carbons (Fsp3) is 0.500. The van der Waals surface area contributed by atoms with Crippen LogP contribution >= 0.6 is 0 Å². The molecule has 102 valence electrons. The maximum atomic E-state index is 13.3. The molecule has 1 aromatic rings. The summed E-state index contributed by atoms with van der Waals surface area (Å²) in [6.07, 6.45) is 0.938. The average Bonchev–Trinajstić information content (AvgIpc) is 2.32.